The first-order valence-corrected chi connectivity index (χ1v) is 10.8. The summed E-state index contributed by atoms with van der Waals surface area (Å²) in [5.41, 5.74) is 1.04. The van der Waals surface area contributed by atoms with Gasteiger partial charge in [0.2, 0.25) is 0 Å². The number of H-pyrrole nitrogens is 1. The number of halogens is 1. The minimum Gasteiger partial charge on any atom is -0.335 e. The standard InChI is InChI=1S/C21H23FN6O2S/c1-13-10-18(24-20(29)15-4-3-5-16(22)11-15)31-19(13)21(30)28-8-6-27(7-9-28)12-17-23-14(2)25-26-17/h3-5,10-11H,6-9,12H2,1-2H3,(H,24,29)(H,23,25,26). The van der Waals surface area contributed by atoms with E-state index in [0.717, 1.165) is 30.3 Å². The lowest BCUT2D eigenvalue weighted by Crippen LogP contribution is -2.48. The number of aromatic nitrogens is 3. The van der Waals surface area contributed by atoms with Crippen LogP contribution in [0.2, 0.25) is 0 Å². The molecule has 0 atom stereocenters. The molecular formula is C21H23FN6O2S. The molecule has 0 saturated carbocycles. The molecule has 1 aromatic carbocycles. The fourth-order valence-corrected chi connectivity index (χ4v) is 4.52. The van der Waals surface area contributed by atoms with E-state index in [4.69, 9.17) is 0 Å². The SMILES string of the molecule is Cc1nc(CN2CCN(C(=O)c3sc(NC(=O)c4cccc(F)c4)cc3C)CC2)n[nH]1. The number of amides is 2. The maximum absolute atomic E-state index is 13.4. The number of carbonyl (C=O) groups excluding carboxylic acids is 2. The summed E-state index contributed by atoms with van der Waals surface area (Å²) in [5.74, 6) is 0.628. The van der Waals surface area contributed by atoms with Gasteiger partial charge in [-0.2, -0.15) is 5.10 Å². The molecule has 2 aromatic heterocycles. The number of nitrogens with zero attached hydrogens (tertiary/aromatic N) is 4. The lowest BCUT2D eigenvalue weighted by Gasteiger charge is -2.34. The zero-order valence-electron chi connectivity index (χ0n) is 17.3. The van der Waals surface area contributed by atoms with Gasteiger partial charge in [-0.05, 0) is 43.7 Å². The van der Waals surface area contributed by atoms with E-state index < -0.39 is 11.7 Å². The van der Waals surface area contributed by atoms with Gasteiger partial charge in [0.25, 0.3) is 11.8 Å². The van der Waals surface area contributed by atoms with Crippen LogP contribution < -0.4 is 5.32 Å². The summed E-state index contributed by atoms with van der Waals surface area (Å²) < 4.78 is 13.4. The number of hydrogen-bond acceptors (Lipinski definition) is 6. The highest BCUT2D eigenvalue weighted by atomic mass is 32.1. The van der Waals surface area contributed by atoms with E-state index in [-0.39, 0.29) is 11.5 Å². The predicted molar refractivity (Wildman–Crippen MR) is 116 cm³/mol. The van der Waals surface area contributed by atoms with Gasteiger partial charge in [0.15, 0.2) is 5.82 Å². The van der Waals surface area contributed by atoms with Crippen LogP contribution in [0.3, 0.4) is 0 Å². The molecule has 3 heterocycles. The van der Waals surface area contributed by atoms with E-state index in [9.17, 15) is 14.0 Å². The van der Waals surface area contributed by atoms with E-state index in [1.165, 1.54) is 29.5 Å². The number of piperazine rings is 1. The number of rotatable bonds is 5. The Morgan fingerprint density at radius 2 is 1.97 bits per heavy atom. The zero-order chi connectivity index (χ0) is 22.0. The van der Waals surface area contributed by atoms with Crippen molar-refractivity contribution < 1.29 is 14.0 Å². The monoisotopic (exact) mass is 442 g/mol. The first-order chi connectivity index (χ1) is 14.9. The van der Waals surface area contributed by atoms with E-state index >= 15 is 0 Å². The Kier molecular flexibility index (Phi) is 6.10. The van der Waals surface area contributed by atoms with Gasteiger partial charge in [0, 0.05) is 31.7 Å². The third-order valence-corrected chi connectivity index (χ3v) is 6.24. The Balaban J connectivity index is 1.36. The van der Waals surface area contributed by atoms with E-state index in [2.05, 4.69) is 25.4 Å². The summed E-state index contributed by atoms with van der Waals surface area (Å²) in [5, 5.41) is 10.3. The molecule has 10 heteroatoms. The van der Waals surface area contributed by atoms with Crippen LogP contribution in [0.15, 0.2) is 30.3 Å². The third-order valence-electron chi connectivity index (χ3n) is 5.10. The van der Waals surface area contributed by atoms with Crippen molar-refractivity contribution in [3.8, 4) is 0 Å². The number of thiophene rings is 1. The van der Waals surface area contributed by atoms with Crippen LogP contribution in [0.5, 0.6) is 0 Å². The van der Waals surface area contributed by atoms with E-state index in [1.807, 2.05) is 18.7 Å². The van der Waals surface area contributed by atoms with Crippen LogP contribution in [0, 0.1) is 19.7 Å². The summed E-state index contributed by atoms with van der Waals surface area (Å²) in [6.45, 7) is 7.09. The molecule has 4 rings (SSSR count). The van der Waals surface area contributed by atoms with Crippen molar-refractivity contribution in [3.05, 3.63) is 63.8 Å². The molecular weight excluding hydrogens is 419 g/mol. The number of anilines is 1. The molecule has 0 spiro atoms. The van der Waals surface area contributed by atoms with Crippen LogP contribution in [-0.2, 0) is 6.54 Å². The Hall–Kier alpha value is -3.11. The lowest BCUT2D eigenvalue weighted by molar-refractivity contribution is 0.0629. The molecule has 3 aromatic rings. The maximum atomic E-state index is 13.4. The van der Waals surface area contributed by atoms with Gasteiger partial charge < -0.3 is 10.2 Å². The highest BCUT2D eigenvalue weighted by molar-refractivity contribution is 7.18. The highest BCUT2D eigenvalue weighted by Crippen LogP contribution is 2.28. The summed E-state index contributed by atoms with van der Waals surface area (Å²) in [6.07, 6.45) is 0. The Bertz CT molecular complexity index is 1100. The molecule has 2 amide bonds. The van der Waals surface area contributed by atoms with Gasteiger partial charge in [0.1, 0.15) is 11.6 Å². The molecule has 1 fully saturated rings. The third kappa shape index (κ3) is 4.97. The zero-order valence-corrected chi connectivity index (χ0v) is 18.1. The van der Waals surface area contributed by atoms with Gasteiger partial charge in [-0.3, -0.25) is 19.6 Å². The van der Waals surface area contributed by atoms with Crippen LogP contribution in [0.4, 0.5) is 9.39 Å². The lowest BCUT2D eigenvalue weighted by atomic mass is 10.2. The first-order valence-electron chi connectivity index (χ1n) is 9.96. The molecule has 1 aliphatic heterocycles. The van der Waals surface area contributed by atoms with Gasteiger partial charge in [-0.15, -0.1) is 11.3 Å². The predicted octanol–water partition coefficient (Wildman–Crippen LogP) is 2.83. The van der Waals surface area contributed by atoms with Gasteiger partial charge in [-0.25, -0.2) is 9.37 Å². The second kappa shape index (κ2) is 8.94. The Morgan fingerprint density at radius 3 is 2.65 bits per heavy atom. The van der Waals surface area contributed by atoms with Gasteiger partial charge in [-0.1, -0.05) is 6.07 Å². The maximum Gasteiger partial charge on any atom is 0.264 e. The number of nitrogens with one attached hydrogen (secondary N) is 2. The molecule has 162 valence electrons. The molecule has 31 heavy (non-hydrogen) atoms. The van der Waals surface area contributed by atoms with Crippen molar-refractivity contribution in [1.29, 1.82) is 0 Å². The van der Waals surface area contributed by atoms with Crippen molar-refractivity contribution in [2.24, 2.45) is 0 Å². The molecule has 1 aliphatic rings. The number of hydrogen-bond donors (Lipinski definition) is 2. The summed E-state index contributed by atoms with van der Waals surface area (Å²) in [7, 11) is 0. The molecule has 0 bridgehead atoms. The largest absolute Gasteiger partial charge is 0.335 e. The summed E-state index contributed by atoms with van der Waals surface area (Å²) in [4.78, 5) is 34.4. The minimum absolute atomic E-state index is 0.0397. The second-order valence-corrected chi connectivity index (χ2v) is 8.54. The van der Waals surface area contributed by atoms with Crippen molar-refractivity contribution >= 4 is 28.2 Å². The molecule has 0 aliphatic carbocycles. The molecule has 2 N–H and O–H groups in total. The number of aryl methyl sites for hydroxylation is 2. The number of aromatic amines is 1. The number of benzene rings is 1. The van der Waals surface area contributed by atoms with Gasteiger partial charge >= 0.3 is 0 Å². The highest BCUT2D eigenvalue weighted by Gasteiger charge is 2.25. The fraction of sp³-hybridized carbons (Fsp3) is 0.333. The quantitative estimate of drug-likeness (QED) is 0.634. The average Bonchev–Trinajstić information content (AvgIpc) is 3.32. The van der Waals surface area contributed by atoms with Gasteiger partial charge in [0.05, 0.1) is 16.4 Å². The van der Waals surface area contributed by atoms with Crippen LogP contribution in [-0.4, -0.2) is 63.0 Å². The average molecular weight is 443 g/mol. The normalized spacial score (nSPS) is 14.6. The van der Waals surface area contributed by atoms with Crippen LogP contribution >= 0.6 is 11.3 Å². The second-order valence-electron chi connectivity index (χ2n) is 7.49. The fourth-order valence-electron chi connectivity index (χ4n) is 3.48. The van der Waals surface area contributed by atoms with E-state index in [0.29, 0.717) is 29.5 Å². The molecule has 0 radical (unpaired) electrons. The molecule has 1 saturated heterocycles. The van der Waals surface area contributed by atoms with Crippen molar-refractivity contribution in [2.45, 2.75) is 20.4 Å². The Labute approximate surface area is 183 Å². The van der Waals surface area contributed by atoms with Crippen LogP contribution in [0.1, 0.15) is 37.2 Å². The molecule has 0 unspecified atom stereocenters. The Morgan fingerprint density at radius 1 is 1.19 bits per heavy atom. The minimum atomic E-state index is -0.469. The van der Waals surface area contributed by atoms with Crippen molar-refractivity contribution in [2.75, 3.05) is 31.5 Å². The molecule has 8 nitrogen and oxygen atoms in total. The summed E-state index contributed by atoms with van der Waals surface area (Å²) in [6, 6.07) is 7.28. The smallest absolute Gasteiger partial charge is 0.264 e. The topological polar surface area (TPSA) is 94.2 Å². The van der Waals surface area contributed by atoms with Crippen molar-refractivity contribution in [3.63, 3.8) is 0 Å². The number of carbonyl (C=O) groups is 2. The first kappa shape index (κ1) is 21.1. The van der Waals surface area contributed by atoms with E-state index in [1.54, 1.807) is 12.1 Å². The van der Waals surface area contributed by atoms with Crippen LogP contribution in [0.25, 0.3) is 0 Å². The van der Waals surface area contributed by atoms with Crippen molar-refractivity contribution in [1.82, 2.24) is 25.0 Å². The summed E-state index contributed by atoms with van der Waals surface area (Å²) >= 11 is 1.24.